The summed E-state index contributed by atoms with van der Waals surface area (Å²) in [6, 6.07) is 27.2. The number of benzene rings is 3. The van der Waals surface area contributed by atoms with E-state index in [2.05, 4.69) is 87.0 Å². The average Bonchev–Trinajstić information content (AvgIpc) is 3.38. The van der Waals surface area contributed by atoms with Gasteiger partial charge in [0.15, 0.2) is 0 Å². The fourth-order valence-corrected chi connectivity index (χ4v) is 5.94. The zero-order chi connectivity index (χ0) is 17.5. The van der Waals surface area contributed by atoms with Crippen molar-refractivity contribution >= 4 is 37.3 Å². The topological polar surface area (TPSA) is 9.72 Å². The van der Waals surface area contributed by atoms with Crippen LogP contribution in [0.3, 0.4) is 0 Å². The molecule has 0 spiro atoms. The van der Waals surface area contributed by atoms with Gasteiger partial charge in [-0.25, -0.2) is 0 Å². The Balaban J connectivity index is 1.46. The Bertz CT molecular complexity index is 939. The van der Waals surface area contributed by atoms with E-state index in [0.717, 1.165) is 19.6 Å². The molecule has 0 bridgehead atoms. The van der Waals surface area contributed by atoms with Gasteiger partial charge in [0.25, 0.3) is 0 Å². The van der Waals surface area contributed by atoms with Crippen LogP contribution in [0.15, 0.2) is 72.8 Å². The summed E-state index contributed by atoms with van der Waals surface area (Å²) >= 11 is 0. The van der Waals surface area contributed by atoms with E-state index in [1.54, 1.807) is 0 Å². The average molecular weight is 345 g/mol. The van der Waals surface area contributed by atoms with Crippen LogP contribution in [0.1, 0.15) is 16.7 Å². The molecule has 0 unspecified atom stereocenters. The Kier molecular flexibility index (Phi) is 2.82. The third kappa shape index (κ3) is 1.81. The first-order chi connectivity index (χ1) is 13.4. The Hall–Kier alpha value is -2.27. The zero-order valence-electron chi connectivity index (χ0n) is 15.1. The predicted molar refractivity (Wildman–Crippen MR) is 112 cm³/mol. The third-order valence-corrected chi connectivity index (χ3v) is 6.94. The van der Waals surface area contributed by atoms with E-state index in [1.807, 2.05) is 0 Å². The minimum Gasteiger partial charge on any atom is -0.345 e. The standard InChI is InChI=1S/C21H18B3N3/c1-4-10-19-16(7-1)13-25-22(19)26-14-17-8-3-6-12-21(17)24(26)27-15-18-9-2-5-11-20(18)23(25)27/h1-12H,13-15H2. The molecular formula is C21H18B3N3. The first-order valence-electron chi connectivity index (χ1n) is 9.91. The number of nitrogens with zero attached hydrogens (tertiary/aromatic N) is 3. The van der Waals surface area contributed by atoms with Crippen molar-refractivity contribution in [2.45, 2.75) is 19.6 Å². The molecule has 0 N–H and O–H groups in total. The Morgan fingerprint density at radius 1 is 0.444 bits per heavy atom. The van der Waals surface area contributed by atoms with Crippen LogP contribution in [-0.2, 0) is 19.6 Å². The normalized spacial score (nSPS) is 20.2. The van der Waals surface area contributed by atoms with Crippen molar-refractivity contribution < 1.29 is 0 Å². The van der Waals surface area contributed by atoms with Gasteiger partial charge in [-0.05, 0) is 33.1 Å². The molecule has 4 aliphatic heterocycles. The van der Waals surface area contributed by atoms with Crippen molar-refractivity contribution in [2.24, 2.45) is 0 Å². The van der Waals surface area contributed by atoms with Gasteiger partial charge in [0.1, 0.15) is 0 Å². The van der Waals surface area contributed by atoms with Crippen LogP contribution in [0, 0.1) is 0 Å². The molecule has 3 aromatic rings. The first-order valence-corrected chi connectivity index (χ1v) is 9.91. The Morgan fingerprint density at radius 3 is 1.07 bits per heavy atom. The smallest absolute Gasteiger partial charge is 0.327 e. The number of rotatable bonds is 0. The fraction of sp³-hybridized carbons (Fsp3) is 0.143. The molecular weight excluding hydrogens is 327 g/mol. The summed E-state index contributed by atoms with van der Waals surface area (Å²) in [5.41, 5.74) is 8.97. The van der Waals surface area contributed by atoms with Crippen LogP contribution in [0.4, 0.5) is 0 Å². The molecule has 0 radical (unpaired) electrons. The van der Waals surface area contributed by atoms with Crippen molar-refractivity contribution in [1.82, 2.24) is 14.2 Å². The molecule has 3 nitrogen and oxygen atoms in total. The molecule has 6 heteroatoms. The van der Waals surface area contributed by atoms with Crippen LogP contribution < -0.4 is 16.4 Å². The highest BCUT2D eigenvalue weighted by Gasteiger charge is 2.60. The lowest BCUT2D eigenvalue weighted by atomic mass is 9.41. The van der Waals surface area contributed by atoms with Gasteiger partial charge in [0.05, 0.1) is 0 Å². The van der Waals surface area contributed by atoms with Crippen LogP contribution in [-0.4, -0.2) is 35.1 Å². The first kappa shape index (κ1) is 14.8. The van der Waals surface area contributed by atoms with E-state index in [-0.39, 0.29) is 0 Å². The monoisotopic (exact) mass is 345 g/mol. The highest BCUT2D eigenvalue weighted by molar-refractivity contribution is 6.99. The van der Waals surface area contributed by atoms with E-state index in [1.165, 1.54) is 33.1 Å². The molecule has 1 fully saturated rings. The molecule has 7 rings (SSSR count). The summed E-state index contributed by atoms with van der Waals surface area (Å²) in [6.45, 7) is 4.21. The van der Waals surface area contributed by atoms with Gasteiger partial charge >= 0.3 is 20.9 Å². The maximum atomic E-state index is 2.72. The summed E-state index contributed by atoms with van der Waals surface area (Å²) in [5, 5.41) is 0. The van der Waals surface area contributed by atoms with E-state index in [0.29, 0.717) is 20.9 Å². The molecule has 0 saturated carbocycles. The maximum Gasteiger partial charge on any atom is 0.327 e. The third-order valence-electron chi connectivity index (χ3n) is 6.94. The fourth-order valence-electron chi connectivity index (χ4n) is 5.94. The lowest BCUT2D eigenvalue weighted by molar-refractivity contribution is 0.468. The van der Waals surface area contributed by atoms with Gasteiger partial charge in [-0.3, -0.25) is 0 Å². The lowest BCUT2D eigenvalue weighted by Crippen LogP contribution is -2.79. The van der Waals surface area contributed by atoms with E-state index in [9.17, 15) is 0 Å². The van der Waals surface area contributed by atoms with Crippen LogP contribution >= 0.6 is 0 Å². The van der Waals surface area contributed by atoms with Crippen molar-refractivity contribution in [2.75, 3.05) is 0 Å². The number of hydrogen-bond donors (Lipinski definition) is 0. The van der Waals surface area contributed by atoms with Gasteiger partial charge in [0.2, 0.25) is 0 Å². The van der Waals surface area contributed by atoms with E-state index in [4.69, 9.17) is 0 Å². The van der Waals surface area contributed by atoms with Crippen molar-refractivity contribution in [3.8, 4) is 0 Å². The van der Waals surface area contributed by atoms with E-state index < -0.39 is 0 Å². The molecule has 1 saturated heterocycles. The summed E-state index contributed by atoms with van der Waals surface area (Å²) in [7, 11) is 0. The Morgan fingerprint density at radius 2 is 0.741 bits per heavy atom. The van der Waals surface area contributed by atoms with Crippen LogP contribution in [0.5, 0.6) is 0 Å². The highest BCUT2D eigenvalue weighted by Crippen LogP contribution is 2.34. The van der Waals surface area contributed by atoms with Gasteiger partial charge in [0, 0.05) is 19.6 Å². The summed E-state index contributed by atoms with van der Waals surface area (Å²) in [5.74, 6) is 0. The predicted octanol–water partition coefficient (Wildman–Crippen LogP) is 0.633. The van der Waals surface area contributed by atoms with Gasteiger partial charge in [-0.15, -0.1) is 0 Å². The van der Waals surface area contributed by atoms with E-state index >= 15 is 0 Å². The molecule has 0 atom stereocenters. The van der Waals surface area contributed by atoms with Crippen LogP contribution in [0.25, 0.3) is 0 Å². The minimum atomic E-state index is 0.367. The van der Waals surface area contributed by atoms with Gasteiger partial charge in [-0.1, -0.05) is 72.8 Å². The molecule has 3 aromatic carbocycles. The highest BCUT2D eigenvalue weighted by atomic mass is 15.3. The second kappa shape index (κ2) is 5.17. The van der Waals surface area contributed by atoms with Crippen molar-refractivity contribution in [3.05, 3.63) is 89.5 Å². The number of hydrogen-bond acceptors (Lipinski definition) is 3. The minimum absolute atomic E-state index is 0.367. The number of fused-ring (bicyclic) bond motifs is 12. The summed E-state index contributed by atoms with van der Waals surface area (Å²) < 4.78 is 8.16. The largest absolute Gasteiger partial charge is 0.345 e. The molecule has 4 aliphatic rings. The zero-order valence-corrected chi connectivity index (χ0v) is 15.1. The molecule has 0 aliphatic carbocycles. The lowest BCUT2D eigenvalue weighted by Gasteiger charge is -2.47. The quantitative estimate of drug-likeness (QED) is 0.554. The molecule has 4 heterocycles. The van der Waals surface area contributed by atoms with Gasteiger partial charge < -0.3 is 14.2 Å². The van der Waals surface area contributed by atoms with Gasteiger partial charge in [-0.2, -0.15) is 0 Å². The summed E-state index contributed by atoms with van der Waals surface area (Å²) in [4.78, 5) is 0. The summed E-state index contributed by atoms with van der Waals surface area (Å²) in [6.07, 6.45) is 0. The molecule has 27 heavy (non-hydrogen) atoms. The molecule has 0 amide bonds. The van der Waals surface area contributed by atoms with Crippen molar-refractivity contribution in [3.63, 3.8) is 0 Å². The molecule has 0 aromatic heterocycles. The maximum absolute atomic E-state index is 2.72. The van der Waals surface area contributed by atoms with Crippen molar-refractivity contribution in [1.29, 1.82) is 0 Å². The SMILES string of the molecule is c1ccc2c(c1)CN1B2N2Cc3ccccc3B2N2Cc3ccccc3B12. The second-order valence-corrected chi connectivity index (χ2v) is 8.23. The molecule has 126 valence electrons. The Labute approximate surface area is 161 Å². The van der Waals surface area contributed by atoms with Crippen LogP contribution in [0.2, 0.25) is 0 Å². The second-order valence-electron chi connectivity index (χ2n) is 8.23.